The van der Waals surface area contributed by atoms with Crippen molar-refractivity contribution in [3.05, 3.63) is 107 Å². The summed E-state index contributed by atoms with van der Waals surface area (Å²) in [6.45, 7) is 0.728. The first kappa shape index (κ1) is 30.1. The molecule has 3 aliphatic heterocycles. The summed E-state index contributed by atoms with van der Waals surface area (Å²) in [6.07, 6.45) is -9.92. The van der Waals surface area contributed by atoms with E-state index >= 15 is 0 Å². The number of carbonyl (C=O) groups excluding carboxylic acids is 1. The molecule has 3 aliphatic rings. The first-order valence-corrected chi connectivity index (χ1v) is 13.8. The van der Waals surface area contributed by atoms with E-state index in [0.717, 1.165) is 11.1 Å². The van der Waals surface area contributed by atoms with Gasteiger partial charge in [0.1, 0.15) is 0 Å². The lowest BCUT2D eigenvalue weighted by molar-refractivity contribution is -0.166. The summed E-state index contributed by atoms with van der Waals surface area (Å²) in [5.74, 6) is -0.957. The molecule has 0 aromatic heterocycles. The molecule has 1 amide bonds. The van der Waals surface area contributed by atoms with Crippen LogP contribution >= 0.6 is 0 Å². The van der Waals surface area contributed by atoms with Crippen LogP contribution < -0.4 is 0 Å². The van der Waals surface area contributed by atoms with Crippen LogP contribution in [0.4, 0.5) is 26.3 Å². The maximum absolute atomic E-state index is 13.6. The van der Waals surface area contributed by atoms with Gasteiger partial charge >= 0.3 is 12.4 Å². The molecule has 5 atom stereocenters. The zero-order valence-corrected chi connectivity index (χ0v) is 23.2. The van der Waals surface area contributed by atoms with Crippen LogP contribution in [0.15, 0.2) is 78.9 Å². The van der Waals surface area contributed by atoms with Crippen molar-refractivity contribution >= 4 is 5.91 Å². The summed E-state index contributed by atoms with van der Waals surface area (Å²) in [7, 11) is 3.34. The van der Waals surface area contributed by atoms with Crippen LogP contribution in [0, 0.1) is 11.8 Å². The van der Waals surface area contributed by atoms with Gasteiger partial charge in [0, 0.05) is 38.5 Å². The highest BCUT2D eigenvalue weighted by Crippen LogP contribution is 2.46. The second kappa shape index (κ2) is 11.7. The molecule has 0 unspecified atom stereocenters. The minimum atomic E-state index is -4.96. The topological polar surface area (TPSA) is 32.8 Å². The third-order valence-corrected chi connectivity index (χ3v) is 8.38. The maximum Gasteiger partial charge on any atom is 0.416 e. The molecular formula is C32H32F6N2O2. The van der Waals surface area contributed by atoms with Crippen LogP contribution in [0.5, 0.6) is 0 Å². The third-order valence-electron chi connectivity index (χ3n) is 8.38. The minimum absolute atomic E-state index is 0.0776. The van der Waals surface area contributed by atoms with Gasteiger partial charge in [0.2, 0.25) is 5.91 Å². The van der Waals surface area contributed by atoms with Gasteiger partial charge < -0.3 is 9.64 Å². The second-order valence-corrected chi connectivity index (χ2v) is 11.3. The Morgan fingerprint density at radius 2 is 1.40 bits per heavy atom. The molecule has 6 rings (SSSR count). The highest BCUT2D eigenvalue weighted by Gasteiger charge is 2.53. The van der Waals surface area contributed by atoms with Crippen LogP contribution in [0.1, 0.15) is 40.2 Å². The Balaban J connectivity index is 1.56. The standard InChI is InChI=1S/C32H32F6N2O2/c1-39(2)30(41)26-18-40-14-13-25(26)29(28(40)27(21-9-5-3-6-10-21)22-11-7-4-8-12-22)42-19-20-15-23(31(33,34)35)17-24(16-20)32(36,37)38/h3-12,15-17,25-29H,13-14,18-19H2,1-2H3/t25-,26+,28-,29-/m1/s1. The molecule has 0 N–H and O–H groups in total. The van der Waals surface area contributed by atoms with Gasteiger partial charge in [-0.2, -0.15) is 26.3 Å². The lowest BCUT2D eigenvalue weighted by atomic mass is 9.67. The second-order valence-electron chi connectivity index (χ2n) is 11.3. The average molecular weight is 591 g/mol. The quantitative estimate of drug-likeness (QED) is 0.282. The number of nitrogens with zero attached hydrogens (tertiary/aromatic N) is 2. The van der Waals surface area contributed by atoms with Crippen molar-refractivity contribution < 1.29 is 35.9 Å². The van der Waals surface area contributed by atoms with E-state index in [1.54, 1.807) is 14.1 Å². The van der Waals surface area contributed by atoms with Gasteiger partial charge in [0.15, 0.2) is 0 Å². The fourth-order valence-electron chi connectivity index (χ4n) is 6.54. The van der Waals surface area contributed by atoms with E-state index in [9.17, 15) is 31.1 Å². The van der Waals surface area contributed by atoms with E-state index in [1.165, 1.54) is 4.90 Å². The Morgan fingerprint density at radius 3 is 1.88 bits per heavy atom. The summed E-state index contributed by atoms with van der Waals surface area (Å²) in [4.78, 5) is 17.0. The lowest BCUT2D eigenvalue weighted by Gasteiger charge is -2.56. The van der Waals surface area contributed by atoms with E-state index in [2.05, 4.69) is 4.90 Å². The fourth-order valence-corrected chi connectivity index (χ4v) is 6.54. The normalized spacial score (nSPS) is 24.2. The zero-order chi connectivity index (χ0) is 30.2. The molecule has 3 heterocycles. The molecule has 4 nitrogen and oxygen atoms in total. The highest BCUT2D eigenvalue weighted by atomic mass is 19.4. The van der Waals surface area contributed by atoms with Gasteiger partial charge in [-0.05, 0) is 47.9 Å². The zero-order valence-electron chi connectivity index (χ0n) is 23.2. The summed E-state index contributed by atoms with van der Waals surface area (Å²) in [5, 5.41) is 0. The number of hydrogen-bond acceptors (Lipinski definition) is 3. The third kappa shape index (κ3) is 6.20. The lowest BCUT2D eigenvalue weighted by Crippen LogP contribution is -2.66. The van der Waals surface area contributed by atoms with Crippen molar-refractivity contribution in [1.29, 1.82) is 0 Å². The number of piperidine rings is 3. The molecule has 224 valence electrons. The Labute approximate surface area is 240 Å². The molecule has 3 aromatic rings. The van der Waals surface area contributed by atoms with E-state index in [0.29, 0.717) is 31.6 Å². The number of ether oxygens (including phenoxy) is 1. The van der Waals surface area contributed by atoms with Gasteiger partial charge in [-0.15, -0.1) is 0 Å². The first-order chi connectivity index (χ1) is 19.8. The van der Waals surface area contributed by atoms with Crippen LogP contribution in [-0.2, 0) is 28.5 Å². The fraction of sp³-hybridized carbons (Fsp3) is 0.406. The SMILES string of the molecule is CN(C)C(=O)[C@H]1C[N@@]2CC[C@H]1[C@@H](OCc1cc(C(F)(F)F)cc(C(F)(F)F)c1)[C@H]2C(c1ccccc1)c1ccccc1. The average Bonchev–Trinajstić information content (AvgIpc) is 2.96. The number of hydrogen-bond donors (Lipinski definition) is 0. The van der Waals surface area contributed by atoms with E-state index in [-0.39, 0.29) is 35.4 Å². The van der Waals surface area contributed by atoms with Crippen molar-refractivity contribution in [2.45, 2.75) is 43.4 Å². The van der Waals surface area contributed by atoms with Gasteiger partial charge in [0.25, 0.3) is 0 Å². The van der Waals surface area contributed by atoms with Crippen molar-refractivity contribution in [1.82, 2.24) is 9.80 Å². The molecule has 0 radical (unpaired) electrons. The van der Waals surface area contributed by atoms with Crippen molar-refractivity contribution in [3.8, 4) is 0 Å². The molecule has 0 spiro atoms. The number of rotatable bonds is 7. The summed E-state index contributed by atoms with van der Waals surface area (Å²) in [6, 6.07) is 20.8. The number of alkyl halides is 6. The molecule has 2 bridgehead atoms. The van der Waals surface area contributed by atoms with E-state index in [1.807, 2.05) is 60.7 Å². The van der Waals surface area contributed by atoms with Gasteiger partial charge in [0.05, 0.1) is 29.8 Å². The number of amides is 1. The number of carbonyl (C=O) groups is 1. The summed E-state index contributed by atoms with van der Waals surface area (Å²) < 4.78 is 87.7. The summed E-state index contributed by atoms with van der Waals surface area (Å²) in [5.41, 5.74) is -0.978. The van der Waals surface area contributed by atoms with Gasteiger partial charge in [-0.3, -0.25) is 9.69 Å². The van der Waals surface area contributed by atoms with Gasteiger partial charge in [-0.25, -0.2) is 0 Å². The molecule has 3 aromatic carbocycles. The predicted molar refractivity (Wildman–Crippen MR) is 145 cm³/mol. The predicted octanol–water partition coefficient (Wildman–Crippen LogP) is 6.85. The molecule has 3 saturated heterocycles. The smallest absolute Gasteiger partial charge is 0.372 e. The Bertz CT molecular complexity index is 1310. The van der Waals surface area contributed by atoms with Crippen molar-refractivity contribution in [2.24, 2.45) is 11.8 Å². The minimum Gasteiger partial charge on any atom is -0.372 e. The number of fused-ring (bicyclic) bond motifs is 3. The monoisotopic (exact) mass is 590 g/mol. The van der Waals surface area contributed by atoms with Crippen LogP contribution in [-0.4, -0.2) is 55.0 Å². The molecule has 3 fully saturated rings. The van der Waals surface area contributed by atoms with Gasteiger partial charge in [-0.1, -0.05) is 60.7 Å². The number of halogens is 6. The Kier molecular flexibility index (Phi) is 8.40. The van der Waals surface area contributed by atoms with E-state index in [4.69, 9.17) is 4.74 Å². The summed E-state index contributed by atoms with van der Waals surface area (Å²) >= 11 is 0. The largest absolute Gasteiger partial charge is 0.416 e. The van der Waals surface area contributed by atoms with Crippen LogP contribution in [0.3, 0.4) is 0 Å². The molecule has 10 heteroatoms. The van der Waals surface area contributed by atoms with Crippen LogP contribution in [0.2, 0.25) is 0 Å². The Hall–Kier alpha value is -3.37. The molecule has 42 heavy (non-hydrogen) atoms. The molecule has 0 aliphatic carbocycles. The van der Waals surface area contributed by atoms with E-state index < -0.39 is 42.1 Å². The molecule has 0 saturated carbocycles. The number of benzene rings is 3. The maximum atomic E-state index is 13.6. The Morgan fingerprint density at radius 1 is 0.881 bits per heavy atom. The first-order valence-electron chi connectivity index (χ1n) is 13.8. The molecular weight excluding hydrogens is 558 g/mol. The van der Waals surface area contributed by atoms with Crippen molar-refractivity contribution in [3.63, 3.8) is 0 Å². The highest BCUT2D eigenvalue weighted by molar-refractivity contribution is 5.79. The van der Waals surface area contributed by atoms with Crippen LogP contribution in [0.25, 0.3) is 0 Å². The van der Waals surface area contributed by atoms with Crippen molar-refractivity contribution in [2.75, 3.05) is 27.2 Å².